The summed E-state index contributed by atoms with van der Waals surface area (Å²) in [6.45, 7) is 0.862. The number of aliphatic hydroxyl groups excluding tert-OH is 1. The molecule has 0 fully saturated rings. The van der Waals surface area contributed by atoms with Gasteiger partial charge in [-0.15, -0.1) is 11.3 Å². The van der Waals surface area contributed by atoms with Crippen LogP contribution in [0.1, 0.15) is 30.4 Å². The van der Waals surface area contributed by atoms with Crippen LogP contribution in [0.3, 0.4) is 0 Å². The lowest BCUT2D eigenvalue weighted by atomic mass is 9.87. The molecule has 0 radical (unpaired) electrons. The SMILES string of the molecule is OCCCNc1ncnc2c1sc1nc(-c3ccccc3)c3c(c12)CCCC3. The molecule has 0 atom stereocenters. The molecule has 0 aliphatic heterocycles. The Morgan fingerprint density at radius 3 is 2.68 bits per heavy atom. The molecule has 6 heteroatoms. The van der Waals surface area contributed by atoms with E-state index in [0.29, 0.717) is 13.0 Å². The van der Waals surface area contributed by atoms with Gasteiger partial charge in [0.15, 0.2) is 0 Å². The molecule has 0 spiro atoms. The fourth-order valence-electron chi connectivity index (χ4n) is 4.11. The molecule has 2 N–H and O–H groups in total. The van der Waals surface area contributed by atoms with E-state index in [1.807, 2.05) is 6.07 Å². The van der Waals surface area contributed by atoms with E-state index in [0.717, 1.165) is 39.4 Å². The standard InChI is InChI=1S/C22H22N4OS/c27-12-6-11-23-21-20-19(24-13-25-21)17-15-9-4-5-10-16(15)18(26-22(17)28-20)14-7-2-1-3-8-14/h1-3,7-8,13,27H,4-6,9-12H2,(H,23,24,25). The van der Waals surface area contributed by atoms with E-state index in [4.69, 9.17) is 10.1 Å². The molecule has 4 aromatic rings. The number of aromatic nitrogens is 3. The third-order valence-electron chi connectivity index (χ3n) is 5.40. The van der Waals surface area contributed by atoms with Gasteiger partial charge in [-0.1, -0.05) is 30.3 Å². The maximum Gasteiger partial charge on any atom is 0.147 e. The Labute approximate surface area is 167 Å². The van der Waals surface area contributed by atoms with E-state index in [9.17, 15) is 0 Å². The van der Waals surface area contributed by atoms with Gasteiger partial charge in [0.1, 0.15) is 17.0 Å². The molecule has 1 aromatic carbocycles. The minimum atomic E-state index is 0.170. The molecular weight excluding hydrogens is 368 g/mol. The molecule has 142 valence electrons. The first-order valence-electron chi connectivity index (χ1n) is 9.86. The number of pyridine rings is 1. The summed E-state index contributed by atoms with van der Waals surface area (Å²) in [5, 5.41) is 13.6. The summed E-state index contributed by atoms with van der Waals surface area (Å²) in [6, 6.07) is 10.5. The lowest BCUT2D eigenvalue weighted by molar-refractivity contribution is 0.292. The highest BCUT2D eigenvalue weighted by Gasteiger charge is 2.23. The number of thiophene rings is 1. The minimum absolute atomic E-state index is 0.170. The van der Waals surface area contributed by atoms with E-state index < -0.39 is 0 Å². The summed E-state index contributed by atoms with van der Waals surface area (Å²) in [7, 11) is 0. The predicted molar refractivity (Wildman–Crippen MR) is 115 cm³/mol. The smallest absolute Gasteiger partial charge is 0.147 e. The Bertz CT molecular complexity index is 1140. The highest BCUT2D eigenvalue weighted by molar-refractivity contribution is 7.26. The summed E-state index contributed by atoms with van der Waals surface area (Å²) in [4.78, 5) is 15.2. The molecule has 1 aliphatic carbocycles. The van der Waals surface area contributed by atoms with Gasteiger partial charge in [0.2, 0.25) is 0 Å². The number of anilines is 1. The van der Waals surface area contributed by atoms with Crippen LogP contribution in [0.5, 0.6) is 0 Å². The normalized spacial score (nSPS) is 13.8. The molecule has 5 rings (SSSR count). The summed E-state index contributed by atoms with van der Waals surface area (Å²) in [6.07, 6.45) is 6.91. The maximum atomic E-state index is 9.06. The van der Waals surface area contributed by atoms with E-state index >= 15 is 0 Å². The van der Waals surface area contributed by atoms with Crippen LogP contribution >= 0.6 is 11.3 Å². The molecular formula is C22H22N4OS. The number of hydrogen-bond acceptors (Lipinski definition) is 6. The van der Waals surface area contributed by atoms with Gasteiger partial charge < -0.3 is 10.4 Å². The van der Waals surface area contributed by atoms with Crippen molar-refractivity contribution >= 4 is 37.6 Å². The average molecular weight is 391 g/mol. The summed E-state index contributed by atoms with van der Waals surface area (Å²) in [5.41, 5.74) is 6.12. The Morgan fingerprint density at radius 1 is 1.04 bits per heavy atom. The van der Waals surface area contributed by atoms with Crippen LogP contribution in [0, 0.1) is 0 Å². The van der Waals surface area contributed by atoms with Gasteiger partial charge in [-0.3, -0.25) is 0 Å². The van der Waals surface area contributed by atoms with Crippen LogP contribution in [-0.2, 0) is 12.8 Å². The second-order valence-corrected chi connectivity index (χ2v) is 8.18. The van der Waals surface area contributed by atoms with Gasteiger partial charge in [-0.05, 0) is 43.2 Å². The number of nitrogens with one attached hydrogen (secondary N) is 1. The van der Waals surface area contributed by atoms with Gasteiger partial charge >= 0.3 is 0 Å². The number of fused-ring (bicyclic) bond motifs is 5. The van der Waals surface area contributed by atoms with Crippen molar-refractivity contribution in [2.24, 2.45) is 0 Å². The first-order chi connectivity index (χ1) is 13.9. The molecule has 28 heavy (non-hydrogen) atoms. The van der Waals surface area contributed by atoms with Crippen LogP contribution in [0.25, 0.3) is 31.7 Å². The zero-order valence-electron chi connectivity index (χ0n) is 15.6. The summed E-state index contributed by atoms with van der Waals surface area (Å²) >= 11 is 1.67. The fraction of sp³-hybridized carbons (Fsp3) is 0.318. The number of nitrogens with zero attached hydrogens (tertiary/aromatic N) is 3. The number of rotatable bonds is 5. The lowest BCUT2D eigenvalue weighted by Crippen LogP contribution is -2.07. The lowest BCUT2D eigenvalue weighted by Gasteiger charge is -2.20. The summed E-state index contributed by atoms with van der Waals surface area (Å²) in [5.74, 6) is 0.840. The van der Waals surface area contributed by atoms with Gasteiger partial charge in [0.05, 0.1) is 15.9 Å². The van der Waals surface area contributed by atoms with Gasteiger partial charge in [0.25, 0.3) is 0 Å². The van der Waals surface area contributed by atoms with E-state index in [-0.39, 0.29) is 6.61 Å². The van der Waals surface area contributed by atoms with Crippen LogP contribution in [-0.4, -0.2) is 33.2 Å². The quantitative estimate of drug-likeness (QED) is 0.488. The second kappa shape index (κ2) is 7.45. The highest BCUT2D eigenvalue weighted by Crippen LogP contribution is 2.42. The Hall–Kier alpha value is -2.57. The monoisotopic (exact) mass is 390 g/mol. The predicted octanol–water partition coefficient (Wildman–Crippen LogP) is 4.58. The third kappa shape index (κ3) is 2.93. The number of aliphatic hydroxyl groups is 1. The van der Waals surface area contributed by atoms with Crippen molar-refractivity contribution in [2.45, 2.75) is 32.1 Å². The van der Waals surface area contributed by atoms with Crippen LogP contribution in [0.4, 0.5) is 5.82 Å². The number of aryl methyl sites for hydroxylation is 1. The molecule has 5 nitrogen and oxygen atoms in total. The van der Waals surface area contributed by atoms with Crippen molar-refractivity contribution in [3.63, 3.8) is 0 Å². The van der Waals surface area contributed by atoms with E-state index in [1.54, 1.807) is 17.7 Å². The summed E-state index contributed by atoms with van der Waals surface area (Å²) < 4.78 is 1.06. The molecule has 3 aromatic heterocycles. The molecule has 0 unspecified atom stereocenters. The number of hydrogen-bond donors (Lipinski definition) is 2. The Kier molecular flexibility index (Phi) is 4.66. The van der Waals surface area contributed by atoms with Gasteiger partial charge in [-0.2, -0.15) is 0 Å². The van der Waals surface area contributed by atoms with E-state index in [2.05, 4.69) is 39.6 Å². The average Bonchev–Trinajstić information content (AvgIpc) is 3.14. The highest BCUT2D eigenvalue weighted by atomic mass is 32.1. The molecule has 0 saturated carbocycles. The second-order valence-electron chi connectivity index (χ2n) is 7.18. The van der Waals surface area contributed by atoms with Crippen molar-refractivity contribution in [1.29, 1.82) is 0 Å². The first-order valence-corrected chi connectivity index (χ1v) is 10.7. The van der Waals surface area contributed by atoms with Crippen molar-refractivity contribution in [3.8, 4) is 11.3 Å². The van der Waals surface area contributed by atoms with Crippen LogP contribution < -0.4 is 5.32 Å². The topological polar surface area (TPSA) is 70.9 Å². The van der Waals surface area contributed by atoms with Crippen molar-refractivity contribution in [1.82, 2.24) is 15.0 Å². The Morgan fingerprint density at radius 2 is 1.86 bits per heavy atom. The number of benzene rings is 1. The van der Waals surface area contributed by atoms with Crippen molar-refractivity contribution < 1.29 is 5.11 Å². The van der Waals surface area contributed by atoms with Crippen molar-refractivity contribution in [3.05, 3.63) is 47.8 Å². The molecule has 3 heterocycles. The molecule has 0 amide bonds. The van der Waals surface area contributed by atoms with Crippen LogP contribution in [0.2, 0.25) is 0 Å². The van der Waals surface area contributed by atoms with Gasteiger partial charge in [0, 0.05) is 24.1 Å². The zero-order valence-corrected chi connectivity index (χ0v) is 16.4. The van der Waals surface area contributed by atoms with Crippen molar-refractivity contribution in [2.75, 3.05) is 18.5 Å². The van der Waals surface area contributed by atoms with Gasteiger partial charge in [-0.25, -0.2) is 15.0 Å². The van der Waals surface area contributed by atoms with Crippen LogP contribution in [0.15, 0.2) is 36.7 Å². The largest absolute Gasteiger partial charge is 0.396 e. The fourth-order valence-corrected chi connectivity index (χ4v) is 5.23. The molecule has 1 aliphatic rings. The maximum absolute atomic E-state index is 9.06. The third-order valence-corrected chi connectivity index (χ3v) is 6.48. The zero-order chi connectivity index (χ0) is 18.9. The Balaban J connectivity index is 1.75. The minimum Gasteiger partial charge on any atom is -0.396 e. The molecule has 0 saturated heterocycles. The first kappa shape index (κ1) is 17.5. The van der Waals surface area contributed by atoms with E-state index in [1.165, 1.54) is 34.9 Å². The molecule has 0 bridgehead atoms.